The lowest BCUT2D eigenvalue weighted by atomic mass is 9.70. The van der Waals surface area contributed by atoms with Gasteiger partial charge in [0.05, 0.1) is 11.2 Å². The van der Waals surface area contributed by atoms with Crippen molar-refractivity contribution < 1.29 is 9.31 Å². The molecule has 2 aliphatic rings. The van der Waals surface area contributed by atoms with Crippen LogP contribution in [-0.2, 0) is 15.7 Å². The molecule has 1 saturated heterocycles. The predicted molar refractivity (Wildman–Crippen MR) is 104 cm³/mol. The maximum Gasteiger partial charge on any atom is 0.490 e. The Morgan fingerprint density at radius 3 is 2.16 bits per heavy atom. The van der Waals surface area contributed by atoms with Gasteiger partial charge in [-0.05, 0) is 68.3 Å². The fourth-order valence-corrected chi connectivity index (χ4v) is 3.63. The summed E-state index contributed by atoms with van der Waals surface area (Å²) in [5, 5.41) is 0. The molecule has 4 rings (SSSR count). The minimum Gasteiger partial charge on any atom is -0.400 e. The standard InChI is InChI=1S/C22H25BO2/c1-21(2)22(3,4)25-23(24-21)18-13-14-20-17(15-18)11-8-12-19(20)16-9-6-5-7-10-16/h5-12,15H,13-14H2,1-4H3. The van der Waals surface area contributed by atoms with Crippen molar-refractivity contribution in [2.45, 2.75) is 51.7 Å². The highest BCUT2D eigenvalue weighted by Gasteiger charge is 2.52. The summed E-state index contributed by atoms with van der Waals surface area (Å²) < 4.78 is 12.5. The maximum absolute atomic E-state index is 6.24. The van der Waals surface area contributed by atoms with Crippen LogP contribution in [0.4, 0.5) is 0 Å². The van der Waals surface area contributed by atoms with Gasteiger partial charge in [-0.2, -0.15) is 0 Å². The highest BCUT2D eigenvalue weighted by atomic mass is 16.7. The quantitative estimate of drug-likeness (QED) is 0.694. The van der Waals surface area contributed by atoms with E-state index in [9.17, 15) is 0 Å². The third-order valence-corrected chi connectivity index (χ3v) is 5.86. The second-order valence-electron chi connectivity index (χ2n) is 8.05. The number of fused-ring (bicyclic) bond motifs is 1. The summed E-state index contributed by atoms with van der Waals surface area (Å²) in [7, 11) is -0.237. The fraction of sp³-hybridized carbons (Fsp3) is 0.364. The highest BCUT2D eigenvalue weighted by molar-refractivity contribution is 6.55. The molecule has 0 N–H and O–H groups in total. The Morgan fingerprint density at radius 1 is 0.800 bits per heavy atom. The van der Waals surface area contributed by atoms with E-state index in [1.165, 1.54) is 27.7 Å². The molecular weight excluding hydrogens is 307 g/mol. The van der Waals surface area contributed by atoms with E-state index in [1.807, 2.05) is 0 Å². The van der Waals surface area contributed by atoms with Gasteiger partial charge in [-0.3, -0.25) is 0 Å². The molecule has 0 spiro atoms. The summed E-state index contributed by atoms with van der Waals surface area (Å²) in [5.74, 6) is 0. The zero-order valence-corrected chi connectivity index (χ0v) is 15.5. The first kappa shape index (κ1) is 16.6. The van der Waals surface area contributed by atoms with Crippen molar-refractivity contribution in [1.82, 2.24) is 0 Å². The van der Waals surface area contributed by atoms with E-state index in [0.29, 0.717) is 0 Å². The van der Waals surface area contributed by atoms with Gasteiger partial charge in [0, 0.05) is 0 Å². The van der Waals surface area contributed by atoms with Crippen LogP contribution in [0.25, 0.3) is 17.2 Å². The molecule has 0 aromatic heterocycles. The van der Waals surface area contributed by atoms with Crippen LogP contribution in [0.3, 0.4) is 0 Å². The lowest BCUT2D eigenvalue weighted by Crippen LogP contribution is -2.41. The summed E-state index contributed by atoms with van der Waals surface area (Å²) in [5.41, 5.74) is 6.01. The van der Waals surface area contributed by atoms with Gasteiger partial charge in [0.1, 0.15) is 0 Å². The number of benzene rings is 2. The number of rotatable bonds is 2. The molecule has 0 saturated carbocycles. The molecule has 3 heteroatoms. The third-order valence-electron chi connectivity index (χ3n) is 5.86. The van der Waals surface area contributed by atoms with E-state index in [0.717, 1.165) is 12.8 Å². The Bertz CT molecular complexity index is 805. The molecule has 1 aliphatic carbocycles. The van der Waals surface area contributed by atoms with Gasteiger partial charge in [0.15, 0.2) is 0 Å². The van der Waals surface area contributed by atoms with Gasteiger partial charge in [-0.1, -0.05) is 54.6 Å². The summed E-state index contributed by atoms with van der Waals surface area (Å²) in [4.78, 5) is 0. The number of hydrogen-bond donors (Lipinski definition) is 0. The van der Waals surface area contributed by atoms with E-state index in [4.69, 9.17) is 9.31 Å². The van der Waals surface area contributed by atoms with E-state index in [2.05, 4.69) is 82.3 Å². The average molecular weight is 332 g/mol. The molecule has 0 radical (unpaired) electrons. The van der Waals surface area contributed by atoms with Crippen LogP contribution in [-0.4, -0.2) is 18.3 Å². The Morgan fingerprint density at radius 2 is 1.48 bits per heavy atom. The molecule has 0 bridgehead atoms. The van der Waals surface area contributed by atoms with Crippen molar-refractivity contribution in [2.24, 2.45) is 0 Å². The smallest absolute Gasteiger partial charge is 0.400 e. The first-order valence-corrected chi connectivity index (χ1v) is 9.11. The zero-order chi connectivity index (χ0) is 17.7. The van der Waals surface area contributed by atoms with Crippen LogP contribution in [0.5, 0.6) is 0 Å². The molecular formula is C22H25BO2. The molecule has 128 valence electrons. The lowest BCUT2D eigenvalue weighted by Gasteiger charge is -2.32. The van der Waals surface area contributed by atoms with Crippen molar-refractivity contribution in [3.8, 4) is 11.1 Å². The van der Waals surface area contributed by atoms with E-state index in [-0.39, 0.29) is 18.3 Å². The summed E-state index contributed by atoms with van der Waals surface area (Å²) in [6.07, 6.45) is 4.28. The maximum atomic E-state index is 6.24. The largest absolute Gasteiger partial charge is 0.490 e. The molecule has 1 heterocycles. The van der Waals surface area contributed by atoms with Crippen LogP contribution >= 0.6 is 0 Å². The molecule has 2 nitrogen and oxygen atoms in total. The second kappa shape index (κ2) is 5.86. The molecule has 0 amide bonds. The molecule has 2 aromatic rings. The molecule has 1 fully saturated rings. The Hall–Kier alpha value is -1.84. The minimum atomic E-state index is -0.287. The van der Waals surface area contributed by atoms with Crippen LogP contribution in [0, 0.1) is 0 Å². The Balaban J connectivity index is 1.68. The van der Waals surface area contributed by atoms with Gasteiger partial charge >= 0.3 is 7.12 Å². The second-order valence-corrected chi connectivity index (χ2v) is 8.05. The monoisotopic (exact) mass is 332 g/mol. The first-order valence-electron chi connectivity index (χ1n) is 9.11. The van der Waals surface area contributed by atoms with Crippen LogP contribution in [0.1, 0.15) is 45.2 Å². The van der Waals surface area contributed by atoms with Crippen molar-refractivity contribution in [1.29, 1.82) is 0 Å². The minimum absolute atomic E-state index is 0.237. The number of hydrogen-bond acceptors (Lipinski definition) is 2. The van der Waals surface area contributed by atoms with Gasteiger partial charge < -0.3 is 9.31 Å². The molecule has 1 aliphatic heterocycles. The van der Waals surface area contributed by atoms with Crippen molar-refractivity contribution >= 4 is 13.2 Å². The first-order chi connectivity index (χ1) is 11.9. The topological polar surface area (TPSA) is 18.5 Å². The van der Waals surface area contributed by atoms with E-state index < -0.39 is 0 Å². The van der Waals surface area contributed by atoms with Gasteiger partial charge in [-0.15, -0.1) is 0 Å². The van der Waals surface area contributed by atoms with Crippen LogP contribution in [0.15, 0.2) is 54.0 Å². The summed E-state index contributed by atoms with van der Waals surface area (Å²) in [6, 6.07) is 17.2. The van der Waals surface area contributed by atoms with E-state index in [1.54, 1.807) is 0 Å². The molecule has 0 atom stereocenters. The lowest BCUT2D eigenvalue weighted by molar-refractivity contribution is 0.00578. The molecule has 0 unspecified atom stereocenters. The number of allylic oxidation sites excluding steroid dienone is 1. The van der Waals surface area contributed by atoms with Crippen LogP contribution < -0.4 is 0 Å². The van der Waals surface area contributed by atoms with Crippen molar-refractivity contribution in [3.63, 3.8) is 0 Å². The van der Waals surface area contributed by atoms with Crippen molar-refractivity contribution in [2.75, 3.05) is 0 Å². The van der Waals surface area contributed by atoms with Gasteiger partial charge in [-0.25, -0.2) is 0 Å². The van der Waals surface area contributed by atoms with E-state index >= 15 is 0 Å². The average Bonchev–Trinajstić information content (AvgIpc) is 2.82. The molecule has 2 aromatic carbocycles. The zero-order valence-electron chi connectivity index (χ0n) is 15.5. The fourth-order valence-electron chi connectivity index (χ4n) is 3.63. The molecule has 25 heavy (non-hydrogen) atoms. The third kappa shape index (κ3) is 2.86. The van der Waals surface area contributed by atoms with Gasteiger partial charge in [0.25, 0.3) is 0 Å². The normalized spacial score (nSPS) is 21.0. The van der Waals surface area contributed by atoms with Crippen LogP contribution in [0.2, 0.25) is 0 Å². The Kier molecular flexibility index (Phi) is 3.90. The van der Waals surface area contributed by atoms with Gasteiger partial charge in [0.2, 0.25) is 0 Å². The predicted octanol–water partition coefficient (Wildman–Crippen LogP) is 5.31. The Labute approximate surface area is 151 Å². The van der Waals surface area contributed by atoms with Crippen molar-refractivity contribution in [3.05, 3.63) is 65.1 Å². The highest BCUT2D eigenvalue weighted by Crippen LogP contribution is 2.41. The SMILES string of the molecule is CC1(C)OB(C2=Cc3cccc(-c4ccccc4)c3CC2)OC1(C)C. The summed E-state index contributed by atoms with van der Waals surface area (Å²) >= 11 is 0. The summed E-state index contributed by atoms with van der Waals surface area (Å²) in [6.45, 7) is 8.44.